The lowest BCUT2D eigenvalue weighted by Gasteiger charge is -2.22. The van der Waals surface area contributed by atoms with Gasteiger partial charge >= 0.3 is 0 Å². The lowest BCUT2D eigenvalue weighted by Crippen LogP contribution is -2.35. The van der Waals surface area contributed by atoms with Gasteiger partial charge in [-0.05, 0) is 31.7 Å². The zero-order valence-corrected chi connectivity index (χ0v) is 11.5. The Morgan fingerprint density at radius 2 is 2.05 bits per heavy atom. The molecule has 0 unspecified atom stereocenters. The molecule has 5 heteroatoms. The Balaban J connectivity index is 2.84. The van der Waals surface area contributed by atoms with E-state index in [1.54, 1.807) is 11.9 Å². The van der Waals surface area contributed by atoms with Gasteiger partial charge in [0.2, 0.25) is 11.8 Å². The van der Waals surface area contributed by atoms with Crippen LogP contribution in [0.4, 0.5) is 5.69 Å². The maximum atomic E-state index is 12.2. The van der Waals surface area contributed by atoms with E-state index in [1.807, 2.05) is 31.2 Å². The highest BCUT2D eigenvalue weighted by Crippen LogP contribution is 2.17. The van der Waals surface area contributed by atoms with Crippen molar-refractivity contribution in [3.05, 3.63) is 29.8 Å². The number of anilines is 1. The van der Waals surface area contributed by atoms with Gasteiger partial charge < -0.3 is 16.0 Å². The van der Waals surface area contributed by atoms with E-state index in [0.717, 1.165) is 11.3 Å². The fourth-order valence-corrected chi connectivity index (χ4v) is 1.78. The van der Waals surface area contributed by atoms with Crippen molar-refractivity contribution in [2.75, 3.05) is 25.0 Å². The van der Waals surface area contributed by atoms with Crippen LogP contribution in [0, 0.1) is 6.92 Å². The van der Waals surface area contributed by atoms with Crippen LogP contribution in [0.25, 0.3) is 0 Å². The molecular formula is C14H21N3O2. The third-order valence-corrected chi connectivity index (χ3v) is 2.79. The van der Waals surface area contributed by atoms with Gasteiger partial charge in [-0.15, -0.1) is 0 Å². The highest BCUT2D eigenvalue weighted by molar-refractivity contribution is 5.94. The summed E-state index contributed by atoms with van der Waals surface area (Å²) in [6.07, 6.45) is 0.558. The molecule has 0 aliphatic heterocycles. The summed E-state index contributed by atoms with van der Waals surface area (Å²) in [5, 5.41) is 2.94. The van der Waals surface area contributed by atoms with Gasteiger partial charge in [0.15, 0.2) is 0 Å². The number of nitrogens with one attached hydrogen (secondary N) is 1. The van der Waals surface area contributed by atoms with Gasteiger partial charge in [0.1, 0.15) is 0 Å². The SMILES string of the molecule is CNCCC(=O)N(CCC(N)=O)c1cccc(C)c1. The molecule has 104 valence electrons. The van der Waals surface area contributed by atoms with Crippen molar-refractivity contribution in [3.8, 4) is 0 Å². The predicted octanol–water partition coefficient (Wildman–Crippen LogP) is 0.813. The van der Waals surface area contributed by atoms with E-state index in [0.29, 0.717) is 19.5 Å². The van der Waals surface area contributed by atoms with Crippen LogP contribution in [0.2, 0.25) is 0 Å². The molecule has 0 saturated carbocycles. The molecule has 5 nitrogen and oxygen atoms in total. The summed E-state index contributed by atoms with van der Waals surface area (Å²) in [5.41, 5.74) is 7.04. The molecule has 1 aromatic rings. The van der Waals surface area contributed by atoms with Gasteiger partial charge in [0.05, 0.1) is 0 Å². The van der Waals surface area contributed by atoms with E-state index >= 15 is 0 Å². The average Bonchev–Trinajstić information content (AvgIpc) is 2.36. The van der Waals surface area contributed by atoms with Gasteiger partial charge in [-0.1, -0.05) is 12.1 Å². The summed E-state index contributed by atoms with van der Waals surface area (Å²) in [6, 6.07) is 7.66. The highest BCUT2D eigenvalue weighted by Gasteiger charge is 2.15. The van der Waals surface area contributed by atoms with Crippen LogP contribution in [-0.4, -0.2) is 32.0 Å². The quantitative estimate of drug-likeness (QED) is 0.764. The molecule has 0 fully saturated rings. The topological polar surface area (TPSA) is 75.4 Å². The van der Waals surface area contributed by atoms with Crippen molar-refractivity contribution in [2.24, 2.45) is 5.73 Å². The first-order chi connectivity index (χ1) is 9.04. The summed E-state index contributed by atoms with van der Waals surface area (Å²) in [4.78, 5) is 24.7. The van der Waals surface area contributed by atoms with E-state index in [-0.39, 0.29) is 12.3 Å². The van der Waals surface area contributed by atoms with Crippen LogP contribution < -0.4 is 16.0 Å². The molecule has 0 saturated heterocycles. The summed E-state index contributed by atoms with van der Waals surface area (Å²) >= 11 is 0. The Kier molecular flexibility index (Phi) is 6.02. The van der Waals surface area contributed by atoms with Crippen LogP contribution in [0.3, 0.4) is 0 Å². The largest absolute Gasteiger partial charge is 0.370 e. The molecule has 19 heavy (non-hydrogen) atoms. The maximum Gasteiger partial charge on any atom is 0.228 e. The minimum Gasteiger partial charge on any atom is -0.370 e. The molecule has 0 heterocycles. The molecular weight excluding hydrogens is 242 g/mol. The fraction of sp³-hybridized carbons (Fsp3) is 0.429. The van der Waals surface area contributed by atoms with Crippen molar-refractivity contribution < 1.29 is 9.59 Å². The second-order valence-electron chi connectivity index (χ2n) is 4.45. The van der Waals surface area contributed by atoms with Crippen LogP contribution in [0.1, 0.15) is 18.4 Å². The molecule has 0 radical (unpaired) electrons. The molecule has 2 amide bonds. The molecule has 0 aliphatic carbocycles. The molecule has 1 aromatic carbocycles. The monoisotopic (exact) mass is 263 g/mol. The fourth-order valence-electron chi connectivity index (χ4n) is 1.78. The summed E-state index contributed by atoms with van der Waals surface area (Å²) in [7, 11) is 1.80. The van der Waals surface area contributed by atoms with Crippen LogP contribution in [0.5, 0.6) is 0 Å². The third-order valence-electron chi connectivity index (χ3n) is 2.79. The molecule has 1 rings (SSSR count). The minimum atomic E-state index is -0.404. The number of rotatable bonds is 7. The van der Waals surface area contributed by atoms with Gasteiger partial charge in [0.25, 0.3) is 0 Å². The maximum absolute atomic E-state index is 12.2. The number of aryl methyl sites for hydroxylation is 1. The van der Waals surface area contributed by atoms with Crippen molar-refractivity contribution in [1.82, 2.24) is 5.32 Å². The van der Waals surface area contributed by atoms with Crippen molar-refractivity contribution in [1.29, 1.82) is 0 Å². The lowest BCUT2D eigenvalue weighted by molar-refractivity contribution is -0.119. The van der Waals surface area contributed by atoms with Crippen molar-refractivity contribution in [3.63, 3.8) is 0 Å². The predicted molar refractivity (Wildman–Crippen MR) is 75.9 cm³/mol. The smallest absolute Gasteiger partial charge is 0.228 e. The molecule has 0 aliphatic rings. The zero-order chi connectivity index (χ0) is 14.3. The summed E-state index contributed by atoms with van der Waals surface area (Å²) in [5.74, 6) is -0.416. The Labute approximate surface area is 113 Å². The molecule has 3 N–H and O–H groups in total. The van der Waals surface area contributed by atoms with Crippen LogP contribution in [0.15, 0.2) is 24.3 Å². The van der Waals surface area contributed by atoms with Crippen LogP contribution in [-0.2, 0) is 9.59 Å². The number of hydrogen-bond acceptors (Lipinski definition) is 3. The normalized spacial score (nSPS) is 10.2. The number of primary amides is 1. The second kappa shape index (κ2) is 7.53. The van der Waals surface area contributed by atoms with E-state index in [2.05, 4.69) is 5.32 Å². The first-order valence-electron chi connectivity index (χ1n) is 6.34. The first-order valence-corrected chi connectivity index (χ1v) is 6.34. The van der Waals surface area contributed by atoms with E-state index in [4.69, 9.17) is 5.73 Å². The Bertz CT molecular complexity index is 446. The number of carbonyl (C=O) groups is 2. The zero-order valence-electron chi connectivity index (χ0n) is 11.5. The first kappa shape index (κ1) is 15.2. The number of nitrogens with zero attached hydrogens (tertiary/aromatic N) is 1. The number of hydrogen-bond donors (Lipinski definition) is 2. The molecule has 0 aromatic heterocycles. The van der Waals surface area contributed by atoms with Gasteiger partial charge in [0, 0.05) is 31.6 Å². The number of carbonyl (C=O) groups excluding carboxylic acids is 2. The van der Waals surface area contributed by atoms with E-state index in [1.165, 1.54) is 0 Å². The Hall–Kier alpha value is -1.88. The number of nitrogens with two attached hydrogens (primary N) is 1. The van der Waals surface area contributed by atoms with Gasteiger partial charge in [-0.3, -0.25) is 9.59 Å². The molecule has 0 spiro atoms. The van der Waals surface area contributed by atoms with E-state index < -0.39 is 5.91 Å². The Morgan fingerprint density at radius 3 is 2.63 bits per heavy atom. The summed E-state index contributed by atoms with van der Waals surface area (Å²) in [6.45, 7) is 2.90. The lowest BCUT2D eigenvalue weighted by atomic mass is 10.2. The highest BCUT2D eigenvalue weighted by atomic mass is 16.2. The third kappa shape index (κ3) is 5.09. The number of amides is 2. The standard InChI is InChI=1S/C14H21N3O2/c1-11-4-3-5-12(10-11)17(9-7-13(15)18)14(19)6-8-16-2/h3-5,10,16H,6-9H2,1-2H3,(H2,15,18). The average molecular weight is 263 g/mol. The summed E-state index contributed by atoms with van der Waals surface area (Å²) < 4.78 is 0. The van der Waals surface area contributed by atoms with E-state index in [9.17, 15) is 9.59 Å². The van der Waals surface area contributed by atoms with Crippen LogP contribution >= 0.6 is 0 Å². The van der Waals surface area contributed by atoms with Gasteiger partial charge in [-0.2, -0.15) is 0 Å². The Morgan fingerprint density at radius 1 is 1.32 bits per heavy atom. The molecule has 0 atom stereocenters. The minimum absolute atomic E-state index is 0.0128. The second-order valence-corrected chi connectivity index (χ2v) is 4.45. The molecule has 0 bridgehead atoms. The van der Waals surface area contributed by atoms with Gasteiger partial charge in [-0.25, -0.2) is 0 Å². The number of benzene rings is 1. The van der Waals surface area contributed by atoms with Crippen molar-refractivity contribution >= 4 is 17.5 Å². The van der Waals surface area contributed by atoms with Crippen molar-refractivity contribution in [2.45, 2.75) is 19.8 Å².